The Hall–Kier alpha value is -3.34. The average Bonchev–Trinajstić information content (AvgIpc) is 2.65. The van der Waals surface area contributed by atoms with Gasteiger partial charge < -0.3 is 4.74 Å². The summed E-state index contributed by atoms with van der Waals surface area (Å²) in [5.41, 5.74) is 11.6. The summed E-state index contributed by atoms with van der Waals surface area (Å²) >= 11 is 0. The van der Waals surface area contributed by atoms with Crippen molar-refractivity contribution in [2.45, 2.75) is 20.8 Å². The molecule has 0 radical (unpaired) electrons. The molecular weight excluding hydrogens is 336 g/mol. The number of anilines is 2. The van der Waals surface area contributed by atoms with E-state index in [-0.39, 0.29) is 0 Å². The van der Waals surface area contributed by atoms with Crippen LogP contribution in [0.25, 0.3) is 21.7 Å². The van der Waals surface area contributed by atoms with E-state index in [2.05, 4.69) is 58.9 Å². The number of nitrogens with one attached hydrogen (secondary N) is 2. The number of hydrogen-bond donors (Lipinski definition) is 2. The number of hydrogen-bond acceptors (Lipinski definition) is 5. The van der Waals surface area contributed by atoms with Gasteiger partial charge in [0.05, 0.1) is 24.0 Å². The van der Waals surface area contributed by atoms with Gasteiger partial charge in [-0.15, -0.1) is 0 Å². The maximum Gasteiger partial charge on any atom is 0.242 e. The number of aromatic nitrogens is 2. The predicted octanol–water partition coefficient (Wildman–Crippen LogP) is 5.16. The second kappa shape index (κ2) is 6.76. The molecule has 0 aliphatic heterocycles. The van der Waals surface area contributed by atoms with Gasteiger partial charge in [0.1, 0.15) is 5.75 Å². The third-order valence-electron chi connectivity index (χ3n) is 4.73. The number of rotatable bonds is 4. The molecule has 1 aromatic heterocycles. The number of hydrazine groups is 1. The zero-order chi connectivity index (χ0) is 19.0. The van der Waals surface area contributed by atoms with Gasteiger partial charge in [0, 0.05) is 10.8 Å². The molecule has 0 saturated heterocycles. The Kier molecular flexibility index (Phi) is 4.28. The number of fused-ring (bicyclic) bond motifs is 2. The third-order valence-corrected chi connectivity index (χ3v) is 4.73. The van der Waals surface area contributed by atoms with Crippen molar-refractivity contribution in [3.05, 3.63) is 65.4 Å². The van der Waals surface area contributed by atoms with Gasteiger partial charge in [-0.25, -0.2) is 9.97 Å². The molecule has 5 nitrogen and oxygen atoms in total. The highest BCUT2D eigenvalue weighted by Crippen LogP contribution is 2.29. The van der Waals surface area contributed by atoms with Gasteiger partial charge in [-0.3, -0.25) is 10.9 Å². The van der Waals surface area contributed by atoms with Crippen LogP contribution in [-0.2, 0) is 0 Å². The zero-order valence-corrected chi connectivity index (χ0v) is 15.9. The minimum atomic E-state index is 0.545. The number of aryl methyl sites for hydroxylation is 3. The molecule has 136 valence electrons. The van der Waals surface area contributed by atoms with Gasteiger partial charge in [0.15, 0.2) is 0 Å². The van der Waals surface area contributed by atoms with Crippen molar-refractivity contribution in [1.29, 1.82) is 0 Å². The quantitative estimate of drug-likeness (QED) is 0.494. The Morgan fingerprint density at radius 3 is 2.56 bits per heavy atom. The van der Waals surface area contributed by atoms with Gasteiger partial charge in [-0.1, -0.05) is 24.3 Å². The summed E-state index contributed by atoms with van der Waals surface area (Å²) in [7, 11) is 1.67. The van der Waals surface area contributed by atoms with E-state index < -0.39 is 0 Å². The average molecular weight is 358 g/mol. The Morgan fingerprint density at radius 1 is 0.889 bits per heavy atom. The van der Waals surface area contributed by atoms with E-state index in [1.807, 2.05) is 31.2 Å². The number of ether oxygens (including phenoxy) is 1. The molecule has 0 fully saturated rings. The lowest BCUT2D eigenvalue weighted by Gasteiger charge is -2.14. The van der Waals surface area contributed by atoms with Crippen LogP contribution in [0.15, 0.2) is 48.5 Å². The van der Waals surface area contributed by atoms with Crippen molar-refractivity contribution < 1.29 is 4.74 Å². The maximum atomic E-state index is 5.37. The van der Waals surface area contributed by atoms with Crippen LogP contribution in [0.2, 0.25) is 0 Å². The molecule has 0 atom stereocenters. The molecular formula is C22H22N4O. The van der Waals surface area contributed by atoms with Gasteiger partial charge in [0.2, 0.25) is 5.95 Å². The molecule has 3 aromatic carbocycles. The summed E-state index contributed by atoms with van der Waals surface area (Å²) in [6, 6.07) is 16.4. The standard InChI is InChI=1S/C22H22N4O/c1-13-10-16-8-9-17(27-4)12-18(16)20(11-13)25-26-22-23-15(3)21-14(2)6-5-7-19(21)24-22/h5-12,25H,1-4H3,(H,23,24,26). The van der Waals surface area contributed by atoms with Crippen LogP contribution in [0.5, 0.6) is 5.75 Å². The Labute approximate surface area is 158 Å². The van der Waals surface area contributed by atoms with Crippen molar-refractivity contribution in [2.24, 2.45) is 0 Å². The van der Waals surface area contributed by atoms with E-state index in [9.17, 15) is 0 Å². The summed E-state index contributed by atoms with van der Waals surface area (Å²) in [6.07, 6.45) is 0. The molecule has 0 aliphatic carbocycles. The fraction of sp³-hybridized carbons (Fsp3) is 0.182. The van der Waals surface area contributed by atoms with Crippen LogP contribution in [0.4, 0.5) is 11.6 Å². The van der Waals surface area contributed by atoms with E-state index in [1.54, 1.807) is 7.11 Å². The minimum absolute atomic E-state index is 0.545. The molecule has 1 heterocycles. The molecule has 4 rings (SSSR count). The molecule has 0 spiro atoms. The second-order valence-corrected chi connectivity index (χ2v) is 6.75. The molecule has 0 unspecified atom stereocenters. The first-order valence-corrected chi connectivity index (χ1v) is 8.89. The Balaban J connectivity index is 1.70. The van der Waals surface area contributed by atoms with Crippen molar-refractivity contribution >= 4 is 33.3 Å². The Morgan fingerprint density at radius 2 is 1.74 bits per heavy atom. The van der Waals surface area contributed by atoms with Crippen LogP contribution < -0.4 is 15.6 Å². The molecule has 5 heteroatoms. The van der Waals surface area contributed by atoms with Crippen LogP contribution in [0.1, 0.15) is 16.8 Å². The molecule has 0 amide bonds. The highest BCUT2D eigenvalue weighted by atomic mass is 16.5. The zero-order valence-electron chi connectivity index (χ0n) is 15.9. The van der Waals surface area contributed by atoms with E-state index in [0.29, 0.717) is 5.95 Å². The number of methoxy groups -OCH3 is 1. The number of nitrogens with zero attached hydrogens (tertiary/aromatic N) is 2. The van der Waals surface area contributed by atoms with Gasteiger partial charge in [0.25, 0.3) is 0 Å². The van der Waals surface area contributed by atoms with Crippen molar-refractivity contribution in [1.82, 2.24) is 9.97 Å². The fourth-order valence-corrected chi connectivity index (χ4v) is 3.47. The van der Waals surface area contributed by atoms with E-state index in [0.717, 1.165) is 38.8 Å². The van der Waals surface area contributed by atoms with Crippen LogP contribution in [0, 0.1) is 20.8 Å². The first-order chi connectivity index (χ1) is 13.0. The highest BCUT2D eigenvalue weighted by molar-refractivity contribution is 5.96. The molecule has 0 bridgehead atoms. The molecule has 4 aromatic rings. The van der Waals surface area contributed by atoms with Crippen molar-refractivity contribution in [3.8, 4) is 5.75 Å². The van der Waals surface area contributed by atoms with Crippen LogP contribution in [0.3, 0.4) is 0 Å². The topological polar surface area (TPSA) is 59.1 Å². The summed E-state index contributed by atoms with van der Waals surface area (Å²) in [4.78, 5) is 9.24. The lowest BCUT2D eigenvalue weighted by Crippen LogP contribution is -2.13. The lowest BCUT2D eigenvalue weighted by atomic mass is 10.1. The fourth-order valence-electron chi connectivity index (χ4n) is 3.47. The third kappa shape index (κ3) is 3.24. The van der Waals surface area contributed by atoms with Crippen molar-refractivity contribution in [3.63, 3.8) is 0 Å². The monoisotopic (exact) mass is 358 g/mol. The number of benzene rings is 3. The van der Waals surface area contributed by atoms with Gasteiger partial charge >= 0.3 is 0 Å². The summed E-state index contributed by atoms with van der Waals surface area (Å²) in [5.74, 6) is 1.37. The van der Waals surface area contributed by atoms with Gasteiger partial charge in [-0.05, 0) is 61.5 Å². The minimum Gasteiger partial charge on any atom is -0.497 e. The maximum absolute atomic E-state index is 5.37. The first-order valence-electron chi connectivity index (χ1n) is 8.89. The second-order valence-electron chi connectivity index (χ2n) is 6.75. The molecule has 0 saturated carbocycles. The molecule has 2 N–H and O–H groups in total. The van der Waals surface area contributed by atoms with Crippen LogP contribution >= 0.6 is 0 Å². The SMILES string of the molecule is COc1ccc2cc(C)cc(NNc3nc(C)c4c(C)cccc4n3)c2c1. The largest absolute Gasteiger partial charge is 0.497 e. The summed E-state index contributed by atoms with van der Waals surface area (Å²) < 4.78 is 5.37. The van der Waals surface area contributed by atoms with E-state index >= 15 is 0 Å². The van der Waals surface area contributed by atoms with E-state index in [4.69, 9.17) is 4.74 Å². The predicted molar refractivity (Wildman–Crippen MR) is 111 cm³/mol. The van der Waals surface area contributed by atoms with E-state index in [1.165, 1.54) is 11.1 Å². The Bertz CT molecular complexity index is 1150. The highest BCUT2D eigenvalue weighted by Gasteiger charge is 2.08. The first kappa shape index (κ1) is 17.1. The van der Waals surface area contributed by atoms with Crippen LogP contribution in [-0.4, -0.2) is 17.1 Å². The normalized spacial score (nSPS) is 11.0. The summed E-state index contributed by atoms with van der Waals surface area (Å²) in [5, 5.41) is 3.32. The molecule has 27 heavy (non-hydrogen) atoms. The van der Waals surface area contributed by atoms with Gasteiger partial charge in [-0.2, -0.15) is 0 Å². The van der Waals surface area contributed by atoms with Crippen molar-refractivity contribution in [2.75, 3.05) is 18.0 Å². The smallest absolute Gasteiger partial charge is 0.242 e. The lowest BCUT2D eigenvalue weighted by molar-refractivity contribution is 0.415. The molecule has 0 aliphatic rings. The summed E-state index contributed by atoms with van der Waals surface area (Å²) in [6.45, 7) is 6.17.